The fourth-order valence-electron chi connectivity index (χ4n) is 2.71. The maximum atomic E-state index is 4.51. The third-order valence-electron chi connectivity index (χ3n) is 4.01. The van der Waals surface area contributed by atoms with Crippen molar-refractivity contribution in [1.29, 1.82) is 0 Å². The fourth-order valence-corrected chi connectivity index (χ4v) is 4.35. The standard InChI is InChI=1S/C18H18N6S2/c1-3-13-7-4-6-12(2)15(13)21-17-22-23-18(26-17)25-11-14-10-24-9-5-8-19-16(24)20-14/h4-10H,3,11H2,1-2H3,(H,21,22). The first-order chi connectivity index (χ1) is 12.7. The predicted octanol–water partition coefficient (Wildman–Crippen LogP) is 4.49. The van der Waals surface area contributed by atoms with Gasteiger partial charge in [0, 0.05) is 30.0 Å². The Morgan fingerprint density at radius 3 is 3.00 bits per heavy atom. The smallest absolute Gasteiger partial charge is 0.233 e. The number of nitrogens with zero attached hydrogens (tertiary/aromatic N) is 5. The van der Waals surface area contributed by atoms with E-state index in [0.29, 0.717) is 0 Å². The van der Waals surface area contributed by atoms with Crippen LogP contribution in [0.25, 0.3) is 5.78 Å². The lowest BCUT2D eigenvalue weighted by Crippen LogP contribution is -1.97. The monoisotopic (exact) mass is 382 g/mol. The minimum atomic E-state index is 0.717. The molecule has 0 spiro atoms. The molecule has 0 saturated heterocycles. The fraction of sp³-hybridized carbons (Fsp3) is 0.222. The zero-order valence-electron chi connectivity index (χ0n) is 14.5. The number of hydrogen-bond acceptors (Lipinski definition) is 7. The molecule has 26 heavy (non-hydrogen) atoms. The number of benzene rings is 1. The maximum absolute atomic E-state index is 4.51. The largest absolute Gasteiger partial charge is 0.330 e. The maximum Gasteiger partial charge on any atom is 0.233 e. The molecular formula is C18H18N6S2. The van der Waals surface area contributed by atoms with E-state index in [1.807, 2.05) is 22.9 Å². The van der Waals surface area contributed by atoms with E-state index < -0.39 is 0 Å². The van der Waals surface area contributed by atoms with Gasteiger partial charge in [-0.3, -0.25) is 4.40 Å². The summed E-state index contributed by atoms with van der Waals surface area (Å²) in [6.07, 6.45) is 6.67. The van der Waals surface area contributed by atoms with Crippen molar-refractivity contribution >= 4 is 39.7 Å². The zero-order valence-corrected chi connectivity index (χ0v) is 16.1. The molecule has 0 fully saturated rings. The van der Waals surface area contributed by atoms with Gasteiger partial charge in [0.15, 0.2) is 4.34 Å². The quantitative estimate of drug-likeness (QED) is 0.496. The summed E-state index contributed by atoms with van der Waals surface area (Å²) in [5.74, 6) is 1.46. The third kappa shape index (κ3) is 3.56. The Hall–Kier alpha value is -2.45. The van der Waals surface area contributed by atoms with E-state index in [1.165, 1.54) is 11.1 Å². The molecule has 0 aliphatic carbocycles. The molecule has 8 heteroatoms. The lowest BCUT2D eigenvalue weighted by atomic mass is 10.1. The van der Waals surface area contributed by atoms with Crippen LogP contribution in [0.2, 0.25) is 0 Å². The van der Waals surface area contributed by atoms with Crippen LogP contribution in [0.15, 0.2) is 47.2 Å². The van der Waals surface area contributed by atoms with Gasteiger partial charge in [-0.25, -0.2) is 9.97 Å². The summed E-state index contributed by atoms with van der Waals surface area (Å²) < 4.78 is 2.84. The summed E-state index contributed by atoms with van der Waals surface area (Å²) in [5, 5.41) is 12.8. The summed E-state index contributed by atoms with van der Waals surface area (Å²) in [5.41, 5.74) is 4.61. The van der Waals surface area contributed by atoms with Gasteiger partial charge in [0.25, 0.3) is 0 Å². The Bertz CT molecular complexity index is 1010. The van der Waals surface area contributed by atoms with E-state index in [0.717, 1.165) is 38.8 Å². The van der Waals surface area contributed by atoms with Crippen LogP contribution in [0.1, 0.15) is 23.7 Å². The highest BCUT2D eigenvalue weighted by Gasteiger charge is 2.10. The molecule has 4 aromatic rings. The Morgan fingerprint density at radius 1 is 1.23 bits per heavy atom. The molecule has 1 N–H and O–H groups in total. The SMILES string of the molecule is CCc1cccc(C)c1Nc1nnc(SCc2cn3cccnc3n2)s1. The number of para-hydroxylation sites is 1. The van der Waals surface area contributed by atoms with Crippen molar-refractivity contribution in [2.75, 3.05) is 5.32 Å². The number of imidazole rings is 1. The van der Waals surface area contributed by atoms with Gasteiger partial charge in [-0.05, 0) is 30.5 Å². The van der Waals surface area contributed by atoms with Crippen LogP contribution in [0, 0.1) is 6.92 Å². The van der Waals surface area contributed by atoms with Crippen molar-refractivity contribution in [1.82, 2.24) is 24.6 Å². The van der Waals surface area contributed by atoms with Gasteiger partial charge in [0.05, 0.1) is 5.69 Å². The summed E-state index contributed by atoms with van der Waals surface area (Å²) in [7, 11) is 0. The molecule has 3 heterocycles. The second-order valence-corrected chi connectivity index (χ2v) is 8.01. The summed E-state index contributed by atoms with van der Waals surface area (Å²) in [6.45, 7) is 4.26. The second-order valence-electron chi connectivity index (χ2n) is 5.81. The number of aryl methyl sites for hydroxylation is 2. The number of aromatic nitrogens is 5. The van der Waals surface area contributed by atoms with Crippen molar-refractivity contribution in [3.8, 4) is 0 Å². The highest BCUT2D eigenvalue weighted by atomic mass is 32.2. The average molecular weight is 383 g/mol. The Balaban J connectivity index is 1.45. The van der Waals surface area contributed by atoms with Crippen LogP contribution in [0.4, 0.5) is 10.8 Å². The molecule has 1 aromatic carbocycles. The van der Waals surface area contributed by atoms with Crippen molar-refractivity contribution in [2.24, 2.45) is 0 Å². The highest BCUT2D eigenvalue weighted by molar-refractivity contribution is 8.00. The minimum absolute atomic E-state index is 0.717. The number of hydrogen-bond donors (Lipinski definition) is 1. The zero-order chi connectivity index (χ0) is 17.9. The van der Waals surface area contributed by atoms with Gasteiger partial charge in [0.2, 0.25) is 10.9 Å². The van der Waals surface area contributed by atoms with Gasteiger partial charge in [-0.1, -0.05) is 48.2 Å². The molecule has 0 unspecified atom stereocenters. The van der Waals surface area contributed by atoms with Gasteiger partial charge in [-0.2, -0.15) is 0 Å². The topological polar surface area (TPSA) is 68.0 Å². The second kappa shape index (κ2) is 7.43. The molecule has 0 aliphatic rings. The van der Waals surface area contributed by atoms with Crippen LogP contribution in [0.5, 0.6) is 0 Å². The van der Waals surface area contributed by atoms with E-state index in [-0.39, 0.29) is 0 Å². The van der Waals surface area contributed by atoms with Gasteiger partial charge in [0.1, 0.15) is 0 Å². The lowest BCUT2D eigenvalue weighted by Gasteiger charge is -2.11. The van der Waals surface area contributed by atoms with Gasteiger partial charge in [-0.15, -0.1) is 10.2 Å². The Labute approximate surface area is 159 Å². The van der Waals surface area contributed by atoms with Gasteiger partial charge < -0.3 is 5.32 Å². The van der Waals surface area contributed by atoms with Crippen LogP contribution in [-0.4, -0.2) is 24.6 Å². The van der Waals surface area contributed by atoms with E-state index in [4.69, 9.17) is 0 Å². The first kappa shape index (κ1) is 17.0. The molecule has 0 radical (unpaired) electrons. The van der Waals surface area contributed by atoms with Crippen molar-refractivity contribution in [3.05, 3.63) is 59.7 Å². The van der Waals surface area contributed by atoms with E-state index in [2.05, 4.69) is 57.5 Å². The summed E-state index contributed by atoms with van der Waals surface area (Å²) >= 11 is 3.20. The van der Waals surface area contributed by atoms with Crippen LogP contribution in [0.3, 0.4) is 0 Å². The molecule has 0 atom stereocenters. The van der Waals surface area contributed by atoms with E-state index in [1.54, 1.807) is 29.3 Å². The average Bonchev–Trinajstić information content (AvgIpc) is 3.27. The van der Waals surface area contributed by atoms with Crippen molar-refractivity contribution in [3.63, 3.8) is 0 Å². The number of fused-ring (bicyclic) bond motifs is 1. The molecular weight excluding hydrogens is 364 g/mol. The van der Waals surface area contributed by atoms with E-state index >= 15 is 0 Å². The Morgan fingerprint density at radius 2 is 2.15 bits per heavy atom. The molecule has 0 saturated carbocycles. The number of anilines is 2. The van der Waals surface area contributed by atoms with E-state index in [9.17, 15) is 0 Å². The first-order valence-corrected chi connectivity index (χ1v) is 10.1. The number of rotatable bonds is 6. The van der Waals surface area contributed by atoms with Crippen LogP contribution in [-0.2, 0) is 12.2 Å². The molecule has 132 valence electrons. The van der Waals surface area contributed by atoms with Crippen LogP contribution >= 0.6 is 23.1 Å². The molecule has 6 nitrogen and oxygen atoms in total. The predicted molar refractivity (Wildman–Crippen MR) is 106 cm³/mol. The molecule has 3 aromatic heterocycles. The third-order valence-corrected chi connectivity index (χ3v) is 6.01. The normalized spacial score (nSPS) is 11.2. The van der Waals surface area contributed by atoms with Crippen LogP contribution < -0.4 is 5.32 Å². The molecule has 0 aliphatic heterocycles. The highest BCUT2D eigenvalue weighted by Crippen LogP contribution is 2.31. The molecule has 4 rings (SSSR count). The lowest BCUT2D eigenvalue weighted by molar-refractivity contribution is 1.01. The number of nitrogens with one attached hydrogen (secondary N) is 1. The summed E-state index contributed by atoms with van der Waals surface area (Å²) in [4.78, 5) is 8.75. The molecule has 0 amide bonds. The number of thioether (sulfide) groups is 1. The summed E-state index contributed by atoms with van der Waals surface area (Å²) in [6, 6.07) is 8.23. The first-order valence-electron chi connectivity index (χ1n) is 8.33. The minimum Gasteiger partial charge on any atom is -0.330 e. The molecule has 0 bridgehead atoms. The van der Waals surface area contributed by atoms with Gasteiger partial charge >= 0.3 is 0 Å². The van der Waals surface area contributed by atoms with Crippen molar-refractivity contribution < 1.29 is 0 Å². The van der Waals surface area contributed by atoms with Crippen molar-refractivity contribution in [2.45, 2.75) is 30.4 Å². The Kier molecular flexibility index (Phi) is 4.85.